The van der Waals surface area contributed by atoms with Gasteiger partial charge in [0, 0.05) is 24.0 Å². The van der Waals surface area contributed by atoms with Gasteiger partial charge in [-0.3, -0.25) is 9.59 Å². The van der Waals surface area contributed by atoms with Gasteiger partial charge in [0.05, 0.1) is 11.4 Å². The van der Waals surface area contributed by atoms with Gasteiger partial charge in [-0.25, -0.2) is 0 Å². The van der Waals surface area contributed by atoms with Crippen molar-refractivity contribution in [2.24, 2.45) is 5.92 Å². The summed E-state index contributed by atoms with van der Waals surface area (Å²) in [6.07, 6.45) is 0. The standard InChI is InChI=1S/C17H23N3O2S/c1-12-8-19(9-14(12)18(2)3)16(21)10-20-13-6-4-5-7-15(13)23-11-17(20)22/h4-7,12,14H,8-11H2,1-3H3/t12-,14-/m1/s1. The number of nitrogens with zero attached hydrogens (tertiary/aromatic N) is 3. The van der Waals surface area contributed by atoms with Crippen LogP contribution in [-0.4, -0.2) is 67.1 Å². The molecule has 0 aromatic heterocycles. The summed E-state index contributed by atoms with van der Waals surface area (Å²) in [5.41, 5.74) is 0.860. The molecule has 0 N–H and O–H groups in total. The molecule has 6 heteroatoms. The third kappa shape index (κ3) is 3.23. The van der Waals surface area contributed by atoms with E-state index in [0.717, 1.165) is 23.7 Å². The number of carbonyl (C=O) groups excluding carboxylic acids is 2. The van der Waals surface area contributed by atoms with Crippen molar-refractivity contribution < 1.29 is 9.59 Å². The Labute approximate surface area is 141 Å². The number of likely N-dealkylation sites (tertiary alicyclic amines) is 1. The summed E-state index contributed by atoms with van der Waals surface area (Å²) < 4.78 is 0. The van der Waals surface area contributed by atoms with E-state index in [-0.39, 0.29) is 18.4 Å². The van der Waals surface area contributed by atoms with E-state index in [1.54, 1.807) is 16.7 Å². The predicted molar refractivity (Wildman–Crippen MR) is 92.7 cm³/mol. The largest absolute Gasteiger partial charge is 0.339 e. The van der Waals surface area contributed by atoms with Gasteiger partial charge in [-0.05, 0) is 32.1 Å². The van der Waals surface area contributed by atoms with E-state index >= 15 is 0 Å². The molecule has 1 aromatic carbocycles. The third-order valence-corrected chi connectivity index (χ3v) is 5.74. The summed E-state index contributed by atoms with van der Waals surface area (Å²) in [4.78, 5) is 31.7. The first-order chi connectivity index (χ1) is 11.0. The molecule has 1 saturated heterocycles. The number of thioether (sulfide) groups is 1. The molecule has 5 nitrogen and oxygen atoms in total. The van der Waals surface area contributed by atoms with Crippen molar-refractivity contribution in [2.75, 3.05) is 44.4 Å². The van der Waals surface area contributed by atoms with E-state index in [4.69, 9.17) is 0 Å². The quantitative estimate of drug-likeness (QED) is 0.841. The lowest BCUT2D eigenvalue weighted by Gasteiger charge is -2.30. The van der Waals surface area contributed by atoms with Crippen LogP contribution in [0.25, 0.3) is 0 Å². The molecule has 0 radical (unpaired) electrons. The number of para-hydroxylation sites is 1. The SMILES string of the molecule is C[C@@H]1CN(C(=O)CN2C(=O)CSc3ccccc32)C[C@H]1N(C)C. The smallest absolute Gasteiger partial charge is 0.242 e. The van der Waals surface area contributed by atoms with Gasteiger partial charge in [-0.15, -0.1) is 11.8 Å². The minimum atomic E-state index is 0.0125. The zero-order chi connectivity index (χ0) is 16.6. The molecule has 0 bridgehead atoms. The molecule has 0 unspecified atom stereocenters. The van der Waals surface area contributed by atoms with Crippen LogP contribution in [-0.2, 0) is 9.59 Å². The van der Waals surface area contributed by atoms with Crippen molar-refractivity contribution in [1.29, 1.82) is 0 Å². The monoisotopic (exact) mass is 333 g/mol. The summed E-state index contributed by atoms with van der Waals surface area (Å²) in [7, 11) is 4.10. The number of amides is 2. The first kappa shape index (κ1) is 16.3. The number of carbonyl (C=O) groups is 2. The highest BCUT2D eigenvalue weighted by Gasteiger charge is 2.35. The highest BCUT2D eigenvalue weighted by Crippen LogP contribution is 2.35. The molecule has 0 spiro atoms. The van der Waals surface area contributed by atoms with Crippen LogP contribution in [0.2, 0.25) is 0 Å². The van der Waals surface area contributed by atoms with Gasteiger partial charge in [-0.1, -0.05) is 19.1 Å². The number of benzene rings is 1. The van der Waals surface area contributed by atoms with Crippen molar-refractivity contribution in [1.82, 2.24) is 9.80 Å². The fourth-order valence-electron chi connectivity index (χ4n) is 3.39. The van der Waals surface area contributed by atoms with E-state index < -0.39 is 0 Å². The zero-order valence-electron chi connectivity index (χ0n) is 13.9. The Hall–Kier alpha value is -1.53. The Morgan fingerprint density at radius 3 is 2.74 bits per heavy atom. The van der Waals surface area contributed by atoms with Crippen molar-refractivity contribution >= 4 is 29.3 Å². The van der Waals surface area contributed by atoms with Crippen molar-refractivity contribution in [2.45, 2.75) is 17.9 Å². The highest BCUT2D eigenvalue weighted by molar-refractivity contribution is 8.00. The molecular weight excluding hydrogens is 310 g/mol. The summed E-state index contributed by atoms with van der Waals surface area (Å²) in [6, 6.07) is 8.19. The van der Waals surface area contributed by atoms with E-state index in [0.29, 0.717) is 17.7 Å². The normalized spacial score (nSPS) is 24.3. The lowest BCUT2D eigenvalue weighted by Crippen LogP contribution is -2.45. The van der Waals surface area contributed by atoms with Gasteiger partial charge in [0.15, 0.2) is 0 Å². The zero-order valence-corrected chi connectivity index (χ0v) is 14.7. The van der Waals surface area contributed by atoms with Gasteiger partial charge >= 0.3 is 0 Å². The molecule has 2 heterocycles. The summed E-state index contributed by atoms with van der Waals surface area (Å²) in [5.74, 6) is 0.907. The molecular formula is C17H23N3O2S. The Kier molecular flexibility index (Phi) is 4.64. The van der Waals surface area contributed by atoms with E-state index in [9.17, 15) is 9.59 Å². The molecule has 1 fully saturated rings. The van der Waals surface area contributed by atoms with Crippen LogP contribution in [0.15, 0.2) is 29.2 Å². The second-order valence-electron chi connectivity index (χ2n) is 6.54. The van der Waals surface area contributed by atoms with Crippen LogP contribution < -0.4 is 4.90 Å². The van der Waals surface area contributed by atoms with Crippen molar-refractivity contribution in [3.63, 3.8) is 0 Å². The van der Waals surface area contributed by atoms with Crippen LogP contribution in [0.1, 0.15) is 6.92 Å². The number of hydrogen-bond acceptors (Lipinski definition) is 4. The molecule has 3 rings (SSSR count). The molecule has 124 valence electrons. The van der Waals surface area contributed by atoms with Crippen LogP contribution in [0.3, 0.4) is 0 Å². The number of fused-ring (bicyclic) bond motifs is 1. The van der Waals surface area contributed by atoms with Crippen LogP contribution in [0.4, 0.5) is 5.69 Å². The van der Waals surface area contributed by atoms with Gasteiger partial charge < -0.3 is 14.7 Å². The van der Waals surface area contributed by atoms with E-state index in [2.05, 4.69) is 25.9 Å². The van der Waals surface area contributed by atoms with E-state index in [1.807, 2.05) is 29.2 Å². The van der Waals surface area contributed by atoms with Crippen LogP contribution in [0, 0.1) is 5.92 Å². The maximum absolute atomic E-state index is 12.7. The fourth-order valence-corrected chi connectivity index (χ4v) is 4.32. The molecule has 2 aliphatic heterocycles. The summed E-state index contributed by atoms with van der Waals surface area (Å²) in [6.45, 7) is 3.82. The van der Waals surface area contributed by atoms with E-state index in [1.165, 1.54) is 0 Å². The molecule has 0 saturated carbocycles. The Balaban J connectivity index is 1.72. The molecule has 1 aromatic rings. The first-order valence-electron chi connectivity index (χ1n) is 7.93. The van der Waals surface area contributed by atoms with Crippen LogP contribution >= 0.6 is 11.8 Å². The summed E-state index contributed by atoms with van der Waals surface area (Å²) >= 11 is 1.54. The summed E-state index contributed by atoms with van der Waals surface area (Å²) in [5, 5.41) is 0. The topological polar surface area (TPSA) is 43.9 Å². The minimum absolute atomic E-state index is 0.0125. The fraction of sp³-hybridized carbons (Fsp3) is 0.529. The minimum Gasteiger partial charge on any atom is -0.339 e. The molecule has 2 amide bonds. The first-order valence-corrected chi connectivity index (χ1v) is 8.92. The molecule has 2 aliphatic rings. The maximum atomic E-state index is 12.7. The lowest BCUT2D eigenvalue weighted by atomic mass is 10.1. The highest BCUT2D eigenvalue weighted by atomic mass is 32.2. The number of hydrogen-bond donors (Lipinski definition) is 0. The van der Waals surface area contributed by atoms with Gasteiger partial charge in [0.2, 0.25) is 11.8 Å². The number of anilines is 1. The maximum Gasteiger partial charge on any atom is 0.242 e. The Morgan fingerprint density at radius 1 is 1.30 bits per heavy atom. The van der Waals surface area contributed by atoms with Gasteiger partial charge in [0.1, 0.15) is 6.54 Å². The van der Waals surface area contributed by atoms with Crippen LogP contribution in [0.5, 0.6) is 0 Å². The predicted octanol–water partition coefficient (Wildman–Crippen LogP) is 1.53. The average Bonchev–Trinajstić information content (AvgIpc) is 2.92. The second-order valence-corrected chi connectivity index (χ2v) is 7.56. The number of likely N-dealkylation sites (N-methyl/N-ethyl adjacent to an activating group) is 1. The molecule has 0 aliphatic carbocycles. The molecule has 23 heavy (non-hydrogen) atoms. The second kappa shape index (κ2) is 6.53. The van der Waals surface area contributed by atoms with Gasteiger partial charge in [0.25, 0.3) is 0 Å². The molecule has 2 atom stereocenters. The van der Waals surface area contributed by atoms with Crippen molar-refractivity contribution in [3.8, 4) is 0 Å². The van der Waals surface area contributed by atoms with Crippen molar-refractivity contribution in [3.05, 3.63) is 24.3 Å². The Bertz CT molecular complexity index is 620. The lowest BCUT2D eigenvalue weighted by molar-refractivity contribution is -0.130. The van der Waals surface area contributed by atoms with Gasteiger partial charge in [-0.2, -0.15) is 0 Å². The Morgan fingerprint density at radius 2 is 2.04 bits per heavy atom. The third-order valence-electron chi connectivity index (χ3n) is 4.69. The average molecular weight is 333 g/mol. The number of rotatable bonds is 3.